The number of benzene rings is 2. The third kappa shape index (κ3) is 4.47. The van der Waals surface area contributed by atoms with Crippen LogP contribution < -0.4 is 10.0 Å². The second-order valence-electron chi connectivity index (χ2n) is 6.00. The molecule has 2 aromatic carbocycles. The number of hydrogen-bond acceptors (Lipinski definition) is 6. The van der Waals surface area contributed by atoms with E-state index in [4.69, 9.17) is 4.74 Å². The van der Waals surface area contributed by atoms with Gasteiger partial charge in [-0.3, -0.25) is 4.72 Å². The lowest BCUT2D eigenvalue weighted by Crippen LogP contribution is -2.15. The van der Waals surface area contributed by atoms with Crippen molar-refractivity contribution >= 4 is 33.2 Å². The molecule has 144 valence electrons. The molecule has 0 bridgehead atoms. The van der Waals surface area contributed by atoms with E-state index in [0.717, 1.165) is 0 Å². The molecule has 1 heterocycles. The number of nitrogens with zero attached hydrogens (tertiary/aromatic N) is 1. The SMILES string of the molecule is COC(=O)c1cccc(Nc2ccc(NS(=O)(=O)c3ccccc3C)nc2)c1. The summed E-state index contributed by atoms with van der Waals surface area (Å²) in [5.74, 6) is -0.222. The maximum absolute atomic E-state index is 12.5. The normalized spacial score (nSPS) is 10.9. The molecule has 0 aliphatic carbocycles. The number of hydrogen-bond donors (Lipinski definition) is 2. The minimum absolute atomic E-state index is 0.206. The van der Waals surface area contributed by atoms with Crippen LogP contribution in [-0.2, 0) is 14.8 Å². The summed E-state index contributed by atoms with van der Waals surface area (Å²) in [7, 11) is -2.40. The number of sulfonamides is 1. The van der Waals surface area contributed by atoms with Crippen molar-refractivity contribution in [3.8, 4) is 0 Å². The van der Waals surface area contributed by atoms with Crippen LogP contribution in [0.1, 0.15) is 15.9 Å². The number of nitrogens with one attached hydrogen (secondary N) is 2. The van der Waals surface area contributed by atoms with Crippen LogP contribution >= 0.6 is 0 Å². The number of pyridine rings is 1. The number of rotatable bonds is 6. The van der Waals surface area contributed by atoms with Crippen LogP contribution in [0.4, 0.5) is 17.2 Å². The van der Waals surface area contributed by atoms with Crippen LogP contribution in [0.3, 0.4) is 0 Å². The van der Waals surface area contributed by atoms with E-state index in [9.17, 15) is 13.2 Å². The van der Waals surface area contributed by atoms with E-state index in [1.54, 1.807) is 67.6 Å². The van der Waals surface area contributed by atoms with Crippen molar-refractivity contribution in [1.29, 1.82) is 0 Å². The van der Waals surface area contributed by atoms with Gasteiger partial charge in [0.2, 0.25) is 0 Å². The molecule has 0 unspecified atom stereocenters. The Labute approximate surface area is 163 Å². The monoisotopic (exact) mass is 397 g/mol. The van der Waals surface area contributed by atoms with Crippen molar-refractivity contribution in [2.75, 3.05) is 17.1 Å². The minimum atomic E-state index is -3.72. The molecule has 1 aromatic heterocycles. The summed E-state index contributed by atoms with van der Waals surface area (Å²) in [6, 6.07) is 16.8. The Morgan fingerprint density at radius 1 is 1.00 bits per heavy atom. The zero-order chi connectivity index (χ0) is 20.1. The Morgan fingerprint density at radius 3 is 2.46 bits per heavy atom. The molecule has 0 atom stereocenters. The van der Waals surface area contributed by atoms with Crippen LogP contribution in [0.5, 0.6) is 0 Å². The van der Waals surface area contributed by atoms with E-state index in [2.05, 4.69) is 15.0 Å². The standard InChI is InChI=1S/C20H19N3O4S/c1-14-6-3-4-9-18(14)28(25,26)23-19-11-10-17(13-21-19)22-16-8-5-7-15(12-16)20(24)27-2/h3-13,22H,1-2H3,(H,21,23). The molecular formula is C20H19N3O4S. The second-order valence-corrected chi connectivity index (χ2v) is 7.65. The van der Waals surface area contributed by atoms with E-state index in [-0.39, 0.29) is 10.7 Å². The van der Waals surface area contributed by atoms with E-state index in [1.807, 2.05) is 0 Å². The number of carbonyl (C=O) groups is 1. The maximum atomic E-state index is 12.5. The smallest absolute Gasteiger partial charge is 0.337 e. The first-order valence-corrected chi connectivity index (χ1v) is 9.87. The summed E-state index contributed by atoms with van der Waals surface area (Å²) in [5.41, 5.74) is 2.39. The van der Waals surface area contributed by atoms with Crippen LogP contribution in [-0.4, -0.2) is 26.5 Å². The molecule has 3 rings (SSSR count). The van der Waals surface area contributed by atoms with Gasteiger partial charge in [0.15, 0.2) is 0 Å². The van der Waals surface area contributed by atoms with Crippen molar-refractivity contribution in [3.05, 3.63) is 78.0 Å². The van der Waals surface area contributed by atoms with E-state index in [0.29, 0.717) is 22.5 Å². The maximum Gasteiger partial charge on any atom is 0.337 e. The molecule has 7 nitrogen and oxygen atoms in total. The summed E-state index contributed by atoms with van der Waals surface area (Å²) in [5, 5.41) is 3.11. The lowest BCUT2D eigenvalue weighted by molar-refractivity contribution is 0.0601. The predicted molar refractivity (Wildman–Crippen MR) is 107 cm³/mol. The zero-order valence-corrected chi connectivity index (χ0v) is 16.2. The topological polar surface area (TPSA) is 97.4 Å². The molecular weight excluding hydrogens is 378 g/mol. The predicted octanol–water partition coefficient (Wildman–Crippen LogP) is 3.72. The number of aromatic nitrogens is 1. The average Bonchev–Trinajstić information content (AvgIpc) is 2.69. The number of esters is 1. The fourth-order valence-corrected chi connectivity index (χ4v) is 3.84. The number of anilines is 3. The first-order chi connectivity index (χ1) is 13.4. The summed E-state index contributed by atoms with van der Waals surface area (Å²) in [4.78, 5) is 16.0. The molecule has 0 saturated carbocycles. The van der Waals surface area contributed by atoms with Gasteiger partial charge in [-0.05, 0) is 48.9 Å². The van der Waals surface area contributed by atoms with Gasteiger partial charge in [0.1, 0.15) is 5.82 Å². The molecule has 0 amide bonds. The Morgan fingerprint density at radius 2 is 1.79 bits per heavy atom. The van der Waals surface area contributed by atoms with Crippen LogP contribution in [0.2, 0.25) is 0 Å². The second kappa shape index (κ2) is 8.10. The largest absolute Gasteiger partial charge is 0.465 e. The number of aryl methyl sites for hydroxylation is 1. The quantitative estimate of drug-likeness (QED) is 0.615. The molecule has 8 heteroatoms. The summed E-state index contributed by atoms with van der Waals surface area (Å²) in [6.45, 7) is 1.73. The Bertz CT molecular complexity index is 1100. The van der Waals surface area contributed by atoms with Crippen molar-refractivity contribution in [1.82, 2.24) is 4.98 Å². The van der Waals surface area contributed by atoms with Crippen molar-refractivity contribution in [2.24, 2.45) is 0 Å². The zero-order valence-electron chi connectivity index (χ0n) is 15.3. The Hall–Kier alpha value is -3.39. The minimum Gasteiger partial charge on any atom is -0.465 e. The molecule has 2 N–H and O–H groups in total. The van der Waals surface area contributed by atoms with Crippen molar-refractivity contribution < 1.29 is 17.9 Å². The van der Waals surface area contributed by atoms with Crippen LogP contribution in [0.25, 0.3) is 0 Å². The molecule has 28 heavy (non-hydrogen) atoms. The molecule has 0 saturated heterocycles. The van der Waals surface area contributed by atoms with Gasteiger partial charge in [-0.1, -0.05) is 24.3 Å². The highest BCUT2D eigenvalue weighted by Gasteiger charge is 2.16. The third-order valence-corrected chi connectivity index (χ3v) is 5.47. The van der Waals surface area contributed by atoms with Gasteiger partial charge in [0, 0.05) is 5.69 Å². The molecule has 3 aromatic rings. The first kappa shape index (κ1) is 19.4. The molecule has 0 fully saturated rings. The molecule has 0 aliphatic heterocycles. The first-order valence-electron chi connectivity index (χ1n) is 8.39. The van der Waals surface area contributed by atoms with Crippen LogP contribution in [0.15, 0.2) is 71.8 Å². The highest BCUT2D eigenvalue weighted by Crippen LogP contribution is 2.21. The lowest BCUT2D eigenvalue weighted by atomic mass is 10.2. The van der Waals surface area contributed by atoms with Gasteiger partial charge in [0.25, 0.3) is 10.0 Å². The van der Waals surface area contributed by atoms with Gasteiger partial charge in [-0.25, -0.2) is 18.2 Å². The van der Waals surface area contributed by atoms with Gasteiger partial charge < -0.3 is 10.1 Å². The van der Waals surface area contributed by atoms with E-state index >= 15 is 0 Å². The summed E-state index contributed by atoms with van der Waals surface area (Å²) in [6.07, 6.45) is 1.50. The van der Waals surface area contributed by atoms with E-state index < -0.39 is 16.0 Å². The van der Waals surface area contributed by atoms with E-state index in [1.165, 1.54) is 13.3 Å². The Balaban J connectivity index is 1.74. The third-order valence-electron chi connectivity index (χ3n) is 3.96. The molecule has 0 spiro atoms. The lowest BCUT2D eigenvalue weighted by Gasteiger charge is -2.11. The summed E-state index contributed by atoms with van der Waals surface area (Å²) >= 11 is 0. The van der Waals surface area contributed by atoms with Gasteiger partial charge >= 0.3 is 5.97 Å². The van der Waals surface area contributed by atoms with Gasteiger partial charge in [0.05, 0.1) is 29.5 Å². The summed E-state index contributed by atoms with van der Waals surface area (Å²) < 4.78 is 32.2. The van der Waals surface area contributed by atoms with Gasteiger partial charge in [-0.15, -0.1) is 0 Å². The van der Waals surface area contributed by atoms with Crippen molar-refractivity contribution in [2.45, 2.75) is 11.8 Å². The van der Waals surface area contributed by atoms with Crippen LogP contribution in [0, 0.1) is 6.92 Å². The highest BCUT2D eigenvalue weighted by molar-refractivity contribution is 7.92. The molecule has 0 radical (unpaired) electrons. The highest BCUT2D eigenvalue weighted by atomic mass is 32.2. The fourth-order valence-electron chi connectivity index (χ4n) is 2.59. The number of carbonyl (C=O) groups excluding carboxylic acids is 1. The molecule has 0 aliphatic rings. The fraction of sp³-hybridized carbons (Fsp3) is 0.100. The van der Waals surface area contributed by atoms with Gasteiger partial charge in [-0.2, -0.15) is 0 Å². The number of methoxy groups -OCH3 is 1. The Kier molecular flexibility index (Phi) is 5.60. The number of ether oxygens (including phenoxy) is 1. The van der Waals surface area contributed by atoms with Crippen molar-refractivity contribution in [3.63, 3.8) is 0 Å². The average molecular weight is 397 g/mol.